The van der Waals surface area contributed by atoms with Gasteiger partial charge in [-0.2, -0.15) is 5.10 Å². The van der Waals surface area contributed by atoms with Crippen LogP contribution in [0.15, 0.2) is 59.9 Å². The van der Waals surface area contributed by atoms with Gasteiger partial charge < -0.3 is 9.88 Å². The lowest BCUT2D eigenvalue weighted by Gasteiger charge is -2.08. The van der Waals surface area contributed by atoms with Crippen molar-refractivity contribution in [1.82, 2.24) is 24.5 Å². The molecule has 0 fully saturated rings. The second-order valence-electron chi connectivity index (χ2n) is 7.28. The third kappa shape index (κ3) is 4.57. The number of halogens is 1. The van der Waals surface area contributed by atoms with Crippen molar-refractivity contribution in [3.05, 3.63) is 66.1 Å². The fraction of sp³-hybridized carbons (Fsp3) is 0.217. The van der Waals surface area contributed by atoms with E-state index in [0.717, 1.165) is 16.8 Å². The quantitative estimate of drug-likeness (QED) is 0.418. The zero-order valence-corrected chi connectivity index (χ0v) is 18.9. The fourth-order valence-corrected chi connectivity index (χ4v) is 4.14. The van der Waals surface area contributed by atoms with Crippen molar-refractivity contribution in [3.8, 4) is 22.6 Å². The highest BCUT2D eigenvalue weighted by atomic mass is 32.2. The normalized spacial score (nSPS) is 11.0. The smallest absolute Gasteiger partial charge is 0.234 e. The summed E-state index contributed by atoms with van der Waals surface area (Å²) in [6, 6.07) is 14.6. The molecule has 32 heavy (non-hydrogen) atoms. The van der Waals surface area contributed by atoms with Gasteiger partial charge in [-0.1, -0.05) is 48.2 Å². The van der Waals surface area contributed by atoms with Gasteiger partial charge in [0, 0.05) is 31.0 Å². The van der Waals surface area contributed by atoms with Gasteiger partial charge in [-0.05, 0) is 31.5 Å². The lowest BCUT2D eigenvalue weighted by atomic mass is 10.1. The Kier molecular flexibility index (Phi) is 6.36. The highest BCUT2D eigenvalue weighted by Crippen LogP contribution is 2.31. The van der Waals surface area contributed by atoms with Gasteiger partial charge in [0.1, 0.15) is 11.5 Å². The minimum absolute atomic E-state index is 0.131. The molecule has 7 nitrogen and oxygen atoms in total. The van der Waals surface area contributed by atoms with Crippen LogP contribution in [0.5, 0.6) is 0 Å². The number of nitrogens with one attached hydrogen (secondary N) is 1. The minimum Gasteiger partial charge on any atom is -0.325 e. The molecule has 2 aromatic carbocycles. The highest BCUT2D eigenvalue weighted by Gasteiger charge is 2.20. The van der Waals surface area contributed by atoms with E-state index in [9.17, 15) is 9.18 Å². The number of aryl methyl sites for hydroxylation is 2. The Balaban J connectivity index is 1.53. The van der Waals surface area contributed by atoms with E-state index < -0.39 is 0 Å². The number of thioether (sulfide) groups is 1. The van der Waals surface area contributed by atoms with Crippen molar-refractivity contribution in [2.24, 2.45) is 7.05 Å². The zero-order valence-electron chi connectivity index (χ0n) is 18.0. The number of carbonyl (C=O) groups excluding carboxylic acids is 1. The van der Waals surface area contributed by atoms with Gasteiger partial charge in [0.2, 0.25) is 5.91 Å². The summed E-state index contributed by atoms with van der Waals surface area (Å²) in [6.45, 7) is 4.32. The second-order valence-corrected chi connectivity index (χ2v) is 8.22. The first kappa shape index (κ1) is 21.8. The summed E-state index contributed by atoms with van der Waals surface area (Å²) in [5, 5.41) is 16.7. The molecule has 0 bridgehead atoms. The molecule has 0 saturated heterocycles. The number of hydrogen-bond donors (Lipinski definition) is 1. The van der Waals surface area contributed by atoms with Crippen LogP contribution < -0.4 is 5.32 Å². The Morgan fingerprint density at radius 1 is 1.16 bits per heavy atom. The van der Waals surface area contributed by atoms with Gasteiger partial charge in [-0.3, -0.25) is 9.48 Å². The lowest BCUT2D eigenvalue weighted by molar-refractivity contribution is -0.113. The average Bonchev–Trinajstić information content (AvgIpc) is 3.38. The van der Waals surface area contributed by atoms with E-state index in [2.05, 4.69) is 20.6 Å². The maximum Gasteiger partial charge on any atom is 0.234 e. The molecule has 0 aliphatic rings. The van der Waals surface area contributed by atoms with E-state index in [1.54, 1.807) is 23.7 Å². The first-order valence-corrected chi connectivity index (χ1v) is 11.2. The van der Waals surface area contributed by atoms with Crippen LogP contribution in [0.3, 0.4) is 0 Å². The third-order valence-corrected chi connectivity index (χ3v) is 5.90. The number of rotatable bonds is 7. The predicted molar refractivity (Wildman–Crippen MR) is 124 cm³/mol. The summed E-state index contributed by atoms with van der Waals surface area (Å²) in [5.74, 6) is 0.239. The molecule has 0 atom stereocenters. The number of benzene rings is 2. The summed E-state index contributed by atoms with van der Waals surface area (Å²) < 4.78 is 17.4. The molecule has 2 aromatic heterocycles. The number of anilines is 1. The molecule has 0 saturated carbocycles. The van der Waals surface area contributed by atoms with Crippen molar-refractivity contribution < 1.29 is 9.18 Å². The third-order valence-electron chi connectivity index (χ3n) is 4.94. The van der Waals surface area contributed by atoms with Crippen LogP contribution in [-0.2, 0) is 18.4 Å². The van der Waals surface area contributed by atoms with E-state index >= 15 is 0 Å². The lowest BCUT2D eigenvalue weighted by Crippen LogP contribution is -2.15. The van der Waals surface area contributed by atoms with Gasteiger partial charge in [-0.15, -0.1) is 10.2 Å². The highest BCUT2D eigenvalue weighted by molar-refractivity contribution is 7.99. The van der Waals surface area contributed by atoms with Gasteiger partial charge in [0.25, 0.3) is 0 Å². The molecule has 0 spiro atoms. The van der Waals surface area contributed by atoms with Crippen molar-refractivity contribution in [2.45, 2.75) is 25.5 Å². The van der Waals surface area contributed by atoms with Crippen LogP contribution in [0.4, 0.5) is 10.1 Å². The van der Waals surface area contributed by atoms with Crippen molar-refractivity contribution in [3.63, 3.8) is 0 Å². The summed E-state index contributed by atoms with van der Waals surface area (Å²) >= 11 is 1.29. The van der Waals surface area contributed by atoms with E-state index in [1.165, 1.54) is 17.8 Å². The topological polar surface area (TPSA) is 77.6 Å². The van der Waals surface area contributed by atoms with Crippen molar-refractivity contribution in [1.29, 1.82) is 0 Å². The average molecular weight is 451 g/mol. The zero-order chi connectivity index (χ0) is 22.7. The van der Waals surface area contributed by atoms with Crippen LogP contribution in [0, 0.1) is 12.7 Å². The summed E-state index contributed by atoms with van der Waals surface area (Å²) in [7, 11) is 1.87. The summed E-state index contributed by atoms with van der Waals surface area (Å²) in [4.78, 5) is 12.4. The Labute approximate surface area is 189 Å². The van der Waals surface area contributed by atoms with Crippen molar-refractivity contribution >= 4 is 23.4 Å². The second kappa shape index (κ2) is 9.35. The number of nitrogens with zero attached hydrogens (tertiary/aromatic N) is 5. The minimum atomic E-state index is -0.350. The van der Waals surface area contributed by atoms with E-state index in [4.69, 9.17) is 0 Å². The number of amides is 1. The SMILES string of the molecule is CCn1c(SCC(=O)Nc2ccc(C)c(F)c2)nnc1-c1cn(C)nc1-c1ccccc1. The Hall–Kier alpha value is -3.46. The monoisotopic (exact) mass is 450 g/mol. The van der Waals surface area contributed by atoms with Crippen LogP contribution >= 0.6 is 11.8 Å². The Morgan fingerprint density at radius 2 is 1.94 bits per heavy atom. The Morgan fingerprint density at radius 3 is 2.66 bits per heavy atom. The molecule has 1 N–H and O–H groups in total. The molecule has 0 unspecified atom stereocenters. The van der Waals surface area contributed by atoms with E-state index in [-0.39, 0.29) is 17.5 Å². The fourth-order valence-electron chi connectivity index (χ4n) is 3.34. The van der Waals surface area contributed by atoms with Gasteiger partial charge in [0.05, 0.1) is 11.3 Å². The van der Waals surface area contributed by atoms with E-state index in [1.807, 2.05) is 55.1 Å². The molecule has 4 rings (SSSR count). The maximum absolute atomic E-state index is 13.7. The molecule has 1 amide bonds. The van der Waals surface area contributed by atoms with Gasteiger partial charge in [-0.25, -0.2) is 4.39 Å². The predicted octanol–water partition coefficient (Wildman–Crippen LogP) is 4.54. The first-order valence-electron chi connectivity index (χ1n) is 10.2. The first-order chi connectivity index (χ1) is 15.5. The molecular weight excluding hydrogens is 427 g/mol. The molecule has 2 heterocycles. The molecule has 4 aromatic rings. The van der Waals surface area contributed by atoms with Crippen LogP contribution in [0.1, 0.15) is 12.5 Å². The molecule has 0 aliphatic carbocycles. The van der Waals surface area contributed by atoms with Crippen molar-refractivity contribution in [2.75, 3.05) is 11.1 Å². The largest absolute Gasteiger partial charge is 0.325 e. The standard InChI is InChI=1S/C23H23FN6OS/c1-4-30-22(18-13-29(3)28-21(18)16-8-6-5-7-9-16)26-27-23(30)32-14-20(31)25-17-11-10-15(2)19(24)12-17/h5-13H,4,14H2,1-3H3,(H,25,31). The molecule has 0 radical (unpaired) electrons. The van der Waals surface area contributed by atoms with Crippen LogP contribution in [0.2, 0.25) is 0 Å². The maximum atomic E-state index is 13.7. The Bertz CT molecular complexity index is 1250. The van der Waals surface area contributed by atoms with Gasteiger partial charge in [0.15, 0.2) is 11.0 Å². The van der Waals surface area contributed by atoms with E-state index in [0.29, 0.717) is 28.8 Å². The molecular formula is C23H23FN6OS. The number of carbonyl (C=O) groups is 1. The molecule has 9 heteroatoms. The summed E-state index contributed by atoms with van der Waals surface area (Å²) in [5.41, 5.74) is 3.66. The van der Waals surface area contributed by atoms with Crippen LogP contribution in [-0.4, -0.2) is 36.2 Å². The number of aromatic nitrogens is 5. The summed E-state index contributed by atoms with van der Waals surface area (Å²) in [6.07, 6.45) is 1.92. The molecule has 164 valence electrons. The molecule has 0 aliphatic heterocycles. The van der Waals surface area contributed by atoms with Gasteiger partial charge >= 0.3 is 0 Å². The number of hydrogen-bond acceptors (Lipinski definition) is 5. The van der Waals surface area contributed by atoms with Crippen LogP contribution in [0.25, 0.3) is 22.6 Å².